The van der Waals surface area contributed by atoms with Crippen molar-refractivity contribution in [3.63, 3.8) is 0 Å². The van der Waals surface area contributed by atoms with E-state index in [9.17, 15) is 4.39 Å². The van der Waals surface area contributed by atoms with Crippen molar-refractivity contribution in [3.05, 3.63) is 34.6 Å². The van der Waals surface area contributed by atoms with Gasteiger partial charge in [-0.25, -0.2) is 4.39 Å². The van der Waals surface area contributed by atoms with Crippen LogP contribution in [0.4, 0.5) is 4.39 Å². The van der Waals surface area contributed by atoms with Crippen molar-refractivity contribution in [2.45, 2.75) is 31.0 Å². The van der Waals surface area contributed by atoms with E-state index in [1.165, 1.54) is 18.9 Å². The second kappa shape index (κ2) is 5.37. The highest BCUT2D eigenvalue weighted by molar-refractivity contribution is 6.30. The van der Waals surface area contributed by atoms with Crippen LogP contribution in [0.2, 0.25) is 5.02 Å². The molecule has 3 nitrogen and oxygen atoms in total. The summed E-state index contributed by atoms with van der Waals surface area (Å²) >= 11 is 5.90. The third-order valence-electron chi connectivity index (χ3n) is 3.92. The summed E-state index contributed by atoms with van der Waals surface area (Å²) in [5.74, 6) is -0.385. The van der Waals surface area contributed by atoms with Crippen molar-refractivity contribution in [1.29, 1.82) is 0 Å². The molecule has 0 spiro atoms. The van der Waals surface area contributed by atoms with Crippen molar-refractivity contribution in [2.24, 2.45) is 5.73 Å². The van der Waals surface area contributed by atoms with E-state index >= 15 is 0 Å². The van der Waals surface area contributed by atoms with E-state index < -0.39 is 0 Å². The highest BCUT2D eigenvalue weighted by atomic mass is 35.5. The van der Waals surface area contributed by atoms with Crippen molar-refractivity contribution in [1.82, 2.24) is 4.90 Å². The number of morpholine rings is 1. The number of hydrogen-bond donors (Lipinski definition) is 1. The lowest BCUT2D eigenvalue weighted by Gasteiger charge is -2.41. The molecule has 0 bridgehead atoms. The van der Waals surface area contributed by atoms with E-state index in [0.717, 1.165) is 12.1 Å². The van der Waals surface area contributed by atoms with Crippen molar-refractivity contribution in [2.75, 3.05) is 19.7 Å². The number of halogens is 2. The summed E-state index contributed by atoms with van der Waals surface area (Å²) in [5, 5.41) is 0.162. The van der Waals surface area contributed by atoms with Gasteiger partial charge in [-0.1, -0.05) is 17.7 Å². The first kappa shape index (κ1) is 13.3. The average Bonchev–Trinajstić information content (AvgIpc) is 3.25. The zero-order valence-corrected chi connectivity index (χ0v) is 11.4. The molecule has 1 heterocycles. The van der Waals surface area contributed by atoms with Crippen molar-refractivity contribution < 1.29 is 9.13 Å². The Morgan fingerprint density at radius 3 is 2.84 bits per heavy atom. The molecule has 1 aliphatic heterocycles. The Bertz CT molecular complexity index is 467. The van der Waals surface area contributed by atoms with E-state index in [-0.39, 0.29) is 23.0 Å². The van der Waals surface area contributed by atoms with Crippen LogP contribution in [0.25, 0.3) is 0 Å². The van der Waals surface area contributed by atoms with Crippen LogP contribution in [-0.2, 0) is 4.74 Å². The Labute approximate surface area is 117 Å². The third kappa shape index (κ3) is 2.63. The Balaban J connectivity index is 1.93. The summed E-state index contributed by atoms with van der Waals surface area (Å²) in [7, 11) is 0. The molecule has 2 N–H and O–H groups in total. The standard InChI is InChI=1S/C14H18ClFN2O/c15-11-7-9(1-4-12(11)16)14-13(8-17)19-6-5-18(14)10-2-3-10/h1,4,7,10,13-14H,2-3,5-6,8,17H2. The molecule has 1 aliphatic carbocycles. The van der Waals surface area contributed by atoms with Crippen LogP contribution in [-0.4, -0.2) is 36.7 Å². The molecule has 19 heavy (non-hydrogen) atoms. The van der Waals surface area contributed by atoms with Crippen LogP contribution in [0.1, 0.15) is 24.4 Å². The van der Waals surface area contributed by atoms with Gasteiger partial charge < -0.3 is 10.5 Å². The molecule has 2 unspecified atom stereocenters. The fourth-order valence-corrected chi connectivity index (χ4v) is 3.06. The number of nitrogens with two attached hydrogens (primary N) is 1. The van der Waals surface area contributed by atoms with Crippen LogP contribution in [0.15, 0.2) is 18.2 Å². The Kier molecular flexibility index (Phi) is 3.76. The summed E-state index contributed by atoms with van der Waals surface area (Å²) in [6.45, 7) is 2.08. The van der Waals surface area contributed by atoms with Gasteiger partial charge in [-0.05, 0) is 30.5 Å². The van der Waals surface area contributed by atoms with Gasteiger partial charge in [-0.2, -0.15) is 0 Å². The molecule has 1 saturated carbocycles. The van der Waals surface area contributed by atoms with Gasteiger partial charge in [0, 0.05) is 19.1 Å². The van der Waals surface area contributed by atoms with Crippen LogP contribution in [0, 0.1) is 5.82 Å². The zero-order chi connectivity index (χ0) is 13.4. The van der Waals surface area contributed by atoms with Gasteiger partial charge in [0.1, 0.15) is 5.82 Å². The maximum atomic E-state index is 13.3. The highest BCUT2D eigenvalue weighted by Crippen LogP contribution is 2.39. The van der Waals surface area contributed by atoms with Gasteiger partial charge in [-0.15, -0.1) is 0 Å². The molecule has 1 aromatic rings. The molecule has 1 saturated heterocycles. The minimum atomic E-state index is -0.385. The second-order valence-corrected chi connectivity index (χ2v) is 5.64. The summed E-state index contributed by atoms with van der Waals surface area (Å²) in [6.07, 6.45) is 2.40. The van der Waals surface area contributed by atoms with E-state index in [2.05, 4.69) is 4.90 Å². The van der Waals surface area contributed by atoms with E-state index in [0.29, 0.717) is 19.2 Å². The average molecular weight is 285 g/mol. The highest BCUT2D eigenvalue weighted by Gasteiger charge is 2.40. The lowest BCUT2D eigenvalue weighted by Crippen LogP contribution is -2.49. The molecule has 2 fully saturated rings. The normalized spacial score (nSPS) is 28.6. The van der Waals surface area contributed by atoms with Crippen LogP contribution in [0.5, 0.6) is 0 Å². The van der Waals surface area contributed by atoms with E-state index in [1.807, 2.05) is 0 Å². The molecule has 0 aromatic heterocycles. The molecule has 0 amide bonds. The molecule has 2 aliphatic rings. The van der Waals surface area contributed by atoms with Crippen LogP contribution >= 0.6 is 11.6 Å². The number of ether oxygens (including phenoxy) is 1. The molecule has 0 radical (unpaired) electrons. The Morgan fingerprint density at radius 1 is 1.42 bits per heavy atom. The molecule has 104 valence electrons. The van der Waals surface area contributed by atoms with Crippen molar-refractivity contribution >= 4 is 11.6 Å². The largest absolute Gasteiger partial charge is 0.374 e. The van der Waals surface area contributed by atoms with Crippen LogP contribution in [0.3, 0.4) is 0 Å². The minimum Gasteiger partial charge on any atom is -0.374 e. The quantitative estimate of drug-likeness (QED) is 0.926. The SMILES string of the molecule is NCC1OCCN(C2CC2)C1c1ccc(F)c(Cl)c1. The van der Waals surface area contributed by atoms with Gasteiger partial charge in [-0.3, -0.25) is 4.90 Å². The third-order valence-corrected chi connectivity index (χ3v) is 4.21. The van der Waals surface area contributed by atoms with Gasteiger partial charge in [0.05, 0.1) is 23.8 Å². The van der Waals surface area contributed by atoms with Crippen molar-refractivity contribution in [3.8, 4) is 0 Å². The second-order valence-electron chi connectivity index (χ2n) is 5.23. The monoisotopic (exact) mass is 284 g/mol. The number of benzene rings is 1. The minimum absolute atomic E-state index is 0.0455. The first-order valence-electron chi connectivity index (χ1n) is 6.73. The fraction of sp³-hybridized carbons (Fsp3) is 0.571. The number of nitrogens with zero attached hydrogens (tertiary/aromatic N) is 1. The summed E-state index contributed by atoms with van der Waals surface area (Å²) < 4.78 is 19.1. The summed E-state index contributed by atoms with van der Waals surface area (Å²) in [6, 6.07) is 5.62. The smallest absolute Gasteiger partial charge is 0.141 e. The zero-order valence-electron chi connectivity index (χ0n) is 10.7. The topological polar surface area (TPSA) is 38.5 Å². The molecule has 1 aromatic carbocycles. The molecule has 2 atom stereocenters. The Hall–Kier alpha value is -0.680. The summed E-state index contributed by atoms with van der Waals surface area (Å²) in [5.41, 5.74) is 6.82. The first-order chi connectivity index (χ1) is 9.20. The first-order valence-corrected chi connectivity index (χ1v) is 7.11. The molecular formula is C14H18ClFN2O. The van der Waals surface area contributed by atoms with Gasteiger partial charge in [0.15, 0.2) is 0 Å². The molecule has 5 heteroatoms. The van der Waals surface area contributed by atoms with Gasteiger partial charge in [0.25, 0.3) is 0 Å². The molecule has 3 rings (SSSR count). The van der Waals surface area contributed by atoms with E-state index in [1.54, 1.807) is 12.1 Å². The summed E-state index contributed by atoms with van der Waals surface area (Å²) in [4.78, 5) is 2.44. The predicted molar refractivity (Wildman–Crippen MR) is 72.7 cm³/mol. The van der Waals surface area contributed by atoms with Crippen LogP contribution < -0.4 is 5.73 Å². The lowest BCUT2D eigenvalue weighted by molar-refractivity contribution is -0.0712. The Morgan fingerprint density at radius 2 is 2.21 bits per heavy atom. The molecular weight excluding hydrogens is 267 g/mol. The number of rotatable bonds is 3. The van der Waals surface area contributed by atoms with E-state index in [4.69, 9.17) is 22.1 Å². The predicted octanol–water partition coefficient (Wildman–Crippen LogP) is 2.34. The van der Waals surface area contributed by atoms with Gasteiger partial charge in [0.2, 0.25) is 0 Å². The number of hydrogen-bond acceptors (Lipinski definition) is 3. The fourth-order valence-electron chi connectivity index (χ4n) is 2.87. The maximum absolute atomic E-state index is 13.3. The lowest BCUT2D eigenvalue weighted by atomic mass is 9.97. The maximum Gasteiger partial charge on any atom is 0.141 e. The van der Waals surface area contributed by atoms with Gasteiger partial charge >= 0.3 is 0 Å².